The zero-order valence-corrected chi connectivity index (χ0v) is 16.9. The minimum Gasteiger partial charge on any atom is -0.488 e. The zero-order valence-electron chi connectivity index (χ0n) is 15.4. The van der Waals surface area contributed by atoms with Crippen LogP contribution in [-0.4, -0.2) is 25.2 Å². The number of hydrogen-bond donors (Lipinski definition) is 1. The lowest BCUT2D eigenvalue weighted by Gasteiger charge is -2.11. The summed E-state index contributed by atoms with van der Waals surface area (Å²) in [5.41, 5.74) is 1.87. The molecule has 1 heterocycles. The molecule has 1 N–H and O–H groups in total. The predicted octanol–water partition coefficient (Wildman–Crippen LogP) is 4.23. The van der Waals surface area contributed by atoms with Crippen LogP contribution in [0.15, 0.2) is 58.6 Å². The van der Waals surface area contributed by atoms with Crippen LogP contribution in [0.25, 0.3) is 6.08 Å². The first-order chi connectivity index (χ1) is 13.7. The van der Waals surface area contributed by atoms with Crippen LogP contribution in [0, 0.1) is 11.3 Å². The Morgan fingerprint density at radius 1 is 1.32 bits per heavy atom. The smallest absolute Gasteiger partial charge is 0.262 e. The van der Waals surface area contributed by atoms with Gasteiger partial charge < -0.3 is 14.8 Å². The molecule has 6 heteroatoms. The fraction of sp³-hybridized carbons (Fsp3) is 0.273. The lowest BCUT2D eigenvalue weighted by Crippen LogP contribution is -2.32. The van der Waals surface area contributed by atoms with Crippen LogP contribution in [0.3, 0.4) is 0 Å². The van der Waals surface area contributed by atoms with E-state index < -0.39 is 5.91 Å². The Labute approximate surface area is 173 Å². The van der Waals surface area contributed by atoms with E-state index in [1.165, 1.54) is 0 Å². The van der Waals surface area contributed by atoms with Crippen LogP contribution >= 0.6 is 15.9 Å². The van der Waals surface area contributed by atoms with E-state index in [1.54, 1.807) is 6.08 Å². The highest BCUT2D eigenvalue weighted by molar-refractivity contribution is 9.10. The van der Waals surface area contributed by atoms with Gasteiger partial charge in [0.1, 0.15) is 24.0 Å². The summed E-state index contributed by atoms with van der Waals surface area (Å²) in [5.74, 6) is 0.306. The Morgan fingerprint density at radius 3 is 2.82 bits per heavy atom. The molecule has 144 valence electrons. The van der Waals surface area contributed by atoms with Crippen LogP contribution in [0.1, 0.15) is 24.0 Å². The molecule has 1 aliphatic rings. The summed E-state index contributed by atoms with van der Waals surface area (Å²) in [7, 11) is 0. The molecule has 1 amide bonds. The van der Waals surface area contributed by atoms with Crippen LogP contribution in [-0.2, 0) is 16.1 Å². The fourth-order valence-electron chi connectivity index (χ4n) is 2.88. The van der Waals surface area contributed by atoms with E-state index in [0.717, 1.165) is 35.0 Å². The third kappa shape index (κ3) is 5.69. The molecule has 28 heavy (non-hydrogen) atoms. The lowest BCUT2D eigenvalue weighted by molar-refractivity contribution is -0.117. The molecule has 0 aliphatic carbocycles. The minimum absolute atomic E-state index is 0.0408. The molecule has 2 aromatic carbocycles. The van der Waals surface area contributed by atoms with Gasteiger partial charge >= 0.3 is 0 Å². The topological polar surface area (TPSA) is 71.3 Å². The SMILES string of the molecule is N#C/C(=C\c1ccc(OCc2ccccc2)c(Br)c1)C(=O)NCC1CCCO1. The maximum absolute atomic E-state index is 12.3. The van der Waals surface area contributed by atoms with Crippen LogP contribution in [0.5, 0.6) is 5.75 Å². The molecule has 0 radical (unpaired) electrons. The van der Waals surface area contributed by atoms with E-state index in [-0.39, 0.29) is 11.7 Å². The van der Waals surface area contributed by atoms with Crippen LogP contribution in [0.2, 0.25) is 0 Å². The second-order valence-corrected chi connectivity index (χ2v) is 7.33. The Balaban J connectivity index is 1.62. The van der Waals surface area contributed by atoms with E-state index in [0.29, 0.717) is 18.9 Å². The Hall–Kier alpha value is -2.62. The molecule has 1 aliphatic heterocycles. The summed E-state index contributed by atoms with van der Waals surface area (Å²) in [4.78, 5) is 12.3. The van der Waals surface area contributed by atoms with Crippen molar-refractivity contribution in [1.82, 2.24) is 5.32 Å². The Kier molecular flexibility index (Phi) is 7.24. The molecule has 0 aromatic heterocycles. The summed E-state index contributed by atoms with van der Waals surface area (Å²) >= 11 is 3.49. The number of carbonyl (C=O) groups excluding carboxylic acids is 1. The van der Waals surface area contributed by atoms with Crippen molar-refractivity contribution < 1.29 is 14.3 Å². The van der Waals surface area contributed by atoms with Crippen molar-refractivity contribution in [3.63, 3.8) is 0 Å². The number of ether oxygens (including phenoxy) is 2. The Morgan fingerprint density at radius 2 is 2.14 bits per heavy atom. The second-order valence-electron chi connectivity index (χ2n) is 6.48. The van der Waals surface area contributed by atoms with Crippen LogP contribution < -0.4 is 10.1 Å². The number of nitriles is 1. The average Bonchev–Trinajstić information content (AvgIpc) is 3.24. The summed E-state index contributed by atoms with van der Waals surface area (Å²) < 4.78 is 12.1. The first-order valence-corrected chi connectivity index (χ1v) is 9.93. The van der Waals surface area contributed by atoms with Crippen molar-refractivity contribution in [2.75, 3.05) is 13.2 Å². The Bertz CT molecular complexity index is 884. The second kappa shape index (κ2) is 10.1. The molecule has 0 spiro atoms. The highest BCUT2D eigenvalue weighted by Crippen LogP contribution is 2.27. The summed E-state index contributed by atoms with van der Waals surface area (Å²) in [6.07, 6.45) is 3.55. The van der Waals surface area contributed by atoms with E-state index in [9.17, 15) is 10.1 Å². The summed E-state index contributed by atoms with van der Waals surface area (Å²) in [6.45, 7) is 1.62. The van der Waals surface area contributed by atoms with Gasteiger partial charge in [-0.1, -0.05) is 36.4 Å². The first kappa shape index (κ1) is 20.1. The van der Waals surface area contributed by atoms with Gasteiger partial charge in [0.25, 0.3) is 5.91 Å². The fourth-order valence-corrected chi connectivity index (χ4v) is 3.39. The van der Waals surface area contributed by atoms with E-state index in [2.05, 4.69) is 21.2 Å². The molecule has 2 aromatic rings. The van der Waals surface area contributed by atoms with Crippen LogP contribution in [0.4, 0.5) is 0 Å². The molecule has 3 rings (SSSR count). The monoisotopic (exact) mass is 440 g/mol. The van der Waals surface area contributed by atoms with E-state index in [4.69, 9.17) is 9.47 Å². The van der Waals surface area contributed by atoms with Gasteiger partial charge in [-0.15, -0.1) is 0 Å². The van der Waals surface area contributed by atoms with Gasteiger partial charge in [-0.2, -0.15) is 5.26 Å². The largest absolute Gasteiger partial charge is 0.488 e. The standard InChI is InChI=1S/C22H21BrN2O3/c23-20-12-17(8-9-21(20)28-15-16-5-2-1-3-6-16)11-18(13-24)22(26)25-14-19-7-4-10-27-19/h1-3,5-6,8-9,11-12,19H,4,7,10,14-15H2,(H,25,26)/b18-11+. The molecular weight excluding hydrogens is 420 g/mol. The number of carbonyl (C=O) groups is 1. The molecule has 1 saturated heterocycles. The normalized spacial score (nSPS) is 16.4. The van der Waals surface area contributed by atoms with Crippen molar-refractivity contribution in [3.05, 3.63) is 69.7 Å². The molecule has 0 saturated carbocycles. The van der Waals surface area contributed by atoms with Gasteiger partial charge in [-0.3, -0.25) is 4.79 Å². The van der Waals surface area contributed by atoms with Crippen molar-refractivity contribution in [2.24, 2.45) is 0 Å². The van der Waals surface area contributed by atoms with Gasteiger partial charge in [0, 0.05) is 13.2 Å². The first-order valence-electron chi connectivity index (χ1n) is 9.13. The minimum atomic E-state index is -0.390. The van der Waals surface area contributed by atoms with Crippen molar-refractivity contribution in [2.45, 2.75) is 25.6 Å². The van der Waals surface area contributed by atoms with Gasteiger partial charge in [0.05, 0.1) is 10.6 Å². The zero-order chi connectivity index (χ0) is 19.8. The predicted molar refractivity (Wildman–Crippen MR) is 110 cm³/mol. The maximum atomic E-state index is 12.3. The lowest BCUT2D eigenvalue weighted by atomic mass is 10.1. The highest BCUT2D eigenvalue weighted by atomic mass is 79.9. The highest BCUT2D eigenvalue weighted by Gasteiger charge is 2.17. The molecular formula is C22H21BrN2O3. The van der Waals surface area contributed by atoms with E-state index in [1.807, 2.05) is 54.6 Å². The van der Waals surface area contributed by atoms with Gasteiger partial charge in [0.2, 0.25) is 0 Å². The third-order valence-electron chi connectivity index (χ3n) is 4.38. The summed E-state index contributed by atoms with van der Waals surface area (Å²) in [5, 5.41) is 12.1. The third-order valence-corrected chi connectivity index (χ3v) is 5.00. The number of benzene rings is 2. The number of nitrogens with zero attached hydrogens (tertiary/aromatic N) is 1. The molecule has 1 atom stereocenters. The quantitative estimate of drug-likeness (QED) is 0.516. The van der Waals surface area contributed by atoms with Crippen molar-refractivity contribution in [1.29, 1.82) is 5.26 Å². The number of hydrogen-bond acceptors (Lipinski definition) is 4. The number of amides is 1. The molecule has 1 unspecified atom stereocenters. The van der Waals surface area contributed by atoms with Gasteiger partial charge in [-0.25, -0.2) is 0 Å². The maximum Gasteiger partial charge on any atom is 0.262 e. The molecule has 0 bridgehead atoms. The number of rotatable bonds is 7. The van der Waals surface area contributed by atoms with Gasteiger partial charge in [-0.05, 0) is 58.1 Å². The van der Waals surface area contributed by atoms with E-state index >= 15 is 0 Å². The molecule has 5 nitrogen and oxygen atoms in total. The molecule has 1 fully saturated rings. The van der Waals surface area contributed by atoms with Crippen molar-refractivity contribution >= 4 is 27.9 Å². The average molecular weight is 441 g/mol. The number of halogens is 1. The number of nitrogens with one attached hydrogen (secondary N) is 1. The van der Waals surface area contributed by atoms with Crippen molar-refractivity contribution in [3.8, 4) is 11.8 Å². The summed E-state index contributed by atoms with van der Waals surface area (Å²) in [6, 6.07) is 17.3. The van der Waals surface area contributed by atoms with Gasteiger partial charge in [0.15, 0.2) is 0 Å².